The summed E-state index contributed by atoms with van der Waals surface area (Å²) >= 11 is 0. The third-order valence-electron chi connectivity index (χ3n) is 2.06. The highest BCUT2D eigenvalue weighted by molar-refractivity contribution is 5.09. The first-order valence-corrected chi connectivity index (χ1v) is 4.28. The van der Waals surface area contributed by atoms with Crippen molar-refractivity contribution in [2.45, 2.75) is 45.1 Å². The Kier molecular flexibility index (Phi) is 2.94. The second-order valence-electron chi connectivity index (χ2n) is 3.13. The number of hydrogen-bond acceptors (Lipinski definition) is 1. The molecule has 1 nitrogen and oxygen atoms in total. The summed E-state index contributed by atoms with van der Waals surface area (Å²) in [5.74, 6) is 0. The highest BCUT2D eigenvalue weighted by Gasteiger charge is 2.07. The molecule has 0 aliphatic heterocycles. The molecule has 1 rings (SSSR count). The van der Waals surface area contributed by atoms with Gasteiger partial charge in [-0.2, -0.15) is 0 Å². The van der Waals surface area contributed by atoms with Crippen molar-refractivity contribution in [2.24, 2.45) is 5.73 Å². The first-order valence-electron chi connectivity index (χ1n) is 4.28. The van der Waals surface area contributed by atoms with E-state index in [0.29, 0.717) is 6.04 Å². The van der Waals surface area contributed by atoms with Crippen molar-refractivity contribution in [3.05, 3.63) is 11.6 Å². The molecule has 0 saturated carbocycles. The van der Waals surface area contributed by atoms with E-state index in [9.17, 15) is 0 Å². The number of allylic oxidation sites excluding steroid dienone is 1. The molecule has 0 amide bonds. The third-order valence-corrected chi connectivity index (χ3v) is 2.06. The zero-order valence-corrected chi connectivity index (χ0v) is 6.77. The Bertz CT molecular complexity index is 127. The largest absolute Gasteiger partial charge is 0.324 e. The van der Waals surface area contributed by atoms with Crippen LogP contribution in [0.5, 0.6) is 0 Å². The summed E-state index contributed by atoms with van der Waals surface area (Å²) in [6.07, 6.45) is 8.56. The van der Waals surface area contributed by atoms with Crippen LogP contribution >= 0.6 is 0 Å². The Morgan fingerprint density at radius 1 is 1.70 bits per heavy atom. The molecule has 1 unspecified atom stereocenters. The zero-order chi connectivity index (χ0) is 7.40. The maximum Gasteiger partial charge on any atom is 0.0226 e. The lowest BCUT2D eigenvalue weighted by Crippen LogP contribution is -2.20. The van der Waals surface area contributed by atoms with Crippen LogP contribution in [0.3, 0.4) is 0 Å². The van der Waals surface area contributed by atoms with Crippen molar-refractivity contribution in [1.29, 1.82) is 0 Å². The van der Waals surface area contributed by atoms with Gasteiger partial charge in [-0.3, -0.25) is 0 Å². The monoisotopic (exact) mass is 139 g/mol. The van der Waals surface area contributed by atoms with Crippen LogP contribution in [0.4, 0.5) is 0 Å². The second-order valence-corrected chi connectivity index (χ2v) is 3.13. The van der Waals surface area contributed by atoms with E-state index in [1.54, 1.807) is 5.57 Å². The van der Waals surface area contributed by atoms with Gasteiger partial charge in [-0.15, -0.1) is 0 Å². The lowest BCUT2D eigenvalue weighted by molar-refractivity contribution is 0.607. The summed E-state index contributed by atoms with van der Waals surface area (Å²) < 4.78 is 0. The predicted octanol–water partition coefficient (Wildman–Crippen LogP) is 2.22. The number of rotatable bonds is 2. The van der Waals surface area contributed by atoms with Gasteiger partial charge in [0.1, 0.15) is 0 Å². The molecule has 2 N–H and O–H groups in total. The Hall–Kier alpha value is -0.300. The topological polar surface area (TPSA) is 26.0 Å². The van der Waals surface area contributed by atoms with Gasteiger partial charge in [0.05, 0.1) is 0 Å². The Balaban J connectivity index is 2.41. The molecule has 0 fully saturated rings. The zero-order valence-electron chi connectivity index (χ0n) is 6.77. The molecule has 0 aromatic rings. The molecule has 0 bridgehead atoms. The van der Waals surface area contributed by atoms with Crippen molar-refractivity contribution in [1.82, 2.24) is 0 Å². The van der Waals surface area contributed by atoms with E-state index in [1.165, 1.54) is 32.1 Å². The van der Waals surface area contributed by atoms with E-state index in [-0.39, 0.29) is 0 Å². The molecule has 10 heavy (non-hydrogen) atoms. The summed E-state index contributed by atoms with van der Waals surface area (Å²) in [4.78, 5) is 0. The van der Waals surface area contributed by atoms with Crippen molar-refractivity contribution in [3.8, 4) is 0 Å². The summed E-state index contributed by atoms with van der Waals surface area (Å²) in [7, 11) is 0. The maximum absolute atomic E-state index is 5.78. The Morgan fingerprint density at radius 2 is 2.50 bits per heavy atom. The number of hydrogen-bond donors (Lipinski definition) is 1. The molecule has 0 radical (unpaired) electrons. The molecule has 1 aliphatic rings. The van der Waals surface area contributed by atoms with Crippen molar-refractivity contribution in [3.63, 3.8) is 0 Å². The van der Waals surface area contributed by atoms with Gasteiger partial charge in [-0.05, 0) is 25.7 Å². The van der Waals surface area contributed by atoms with E-state index in [0.717, 1.165) is 0 Å². The van der Waals surface area contributed by atoms with E-state index in [1.807, 2.05) is 0 Å². The van der Waals surface area contributed by atoms with Crippen molar-refractivity contribution >= 4 is 0 Å². The van der Waals surface area contributed by atoms with Gasteiger partial charge in [0.15, 0.2) is 0 Å². The minimum absolute atomic E-state index is 0.357. The summed E-state index contributed by atoms with van der Waals surface area (Å²) in [5.41, 5.74) is 7.36. The van der Waals surface area contributed by atoms with Crippen molar-refractivity contribution in [2.75, 3.05) is 0 Å². The number of nitrogens with two attached hydrogens (primary N) is 1. The Morgan fingerprint density at radius 3 is 3.10 bits per heavy atom. The van der Waals surface area contributed by atoms with Crippen LogP contribution in [0, 0.1) is 0 Å². The summed E-state index contributed by atoms with van der Waals surface area (Å²) in [5, 5.41) is 0. The SMILES string of the molecule is CCCC1=CC(N)CCC1. The van der Waals surface area contributed by atoms with Crippen LogP contribution in [0.25, 0.3) is 0 Å². The minimum atomic E-state index is 0.357. The van der Waals surface area contributed by atoms with Gasteiger partial charge in [-0.1, -0.05) is 25.0 Å². The fraction of sp³-hybridized carbons (Fsp3) is 0.778. The van der Waals surface area contributed by atoms with E-state index >= 15 is 0 Å². The second kappa shape index (κ2) is 3.77. The molecule has 0 aromatic carbocycles. The minimum Gasteiger partial charge on any atom is -0.324 e. The average Bonchev–Trinajstić information content (AvgIpc) is 1.88. The van der Waals surface area contributed by atoms with Gasteiger partial charge >= 0.3 is 0 Å². The van der Waals surface area contributed by atoms with Crippen LogP contribution in [0.15, 0.2) is 11.6 Å². The van der Waals surface area contributed by atoms with Crippen LogP contribution in [0.2, 0.25) is 0 Å². The third kappa shape index (κ3) is 2.14. The standard InChI is InChI=1S/C9H17N/c1-2-4-8-5-3-6-9(10)7-8/h7,9H,2-6,10H2,1H3. The van der Waals surface area contributed by atoms with Gasteiger partial charge in [-0.25, -0.2) is 0 Å². The molecular weight excluding hydrogens is 122 g/mol. The van der Waals surface area contributed by atoms with Gasteiger partial charge in [0.2, 0.25) is 0 Å². The highest BCUT2D eigenvalue weighted by atomic mass is 14.6. The molecule has 0 saturated heterocycles. The average molecular weight is 139 g/mol. The van der Waals surface area contributed by atoms with Crippen LogP contribution in [0.1, 0.15) is 39.0 Å². The highest BCUT2D eigenvalue weighted by Crippen LogP contribution is 2.20. The quantitative estimate of drug-likeness (QED) is 0.583. The van der Waals surface area contributed by atoms with Crippen LogP contribution in [-0.2, 0) is 0 Å². The molecule has 0 spiro atoms. The van der Waals surface area contributed by atoms with Crippen LogP contribution in [-0.4, -0.2) is 6.04 Å². The van der Waals surface area contributed by atoms with E-state index in [2.05, 4.69) is 13.0 Å². The van der Waals surface area contributed by atoms with E-state index < -0.39 is 0 Å². The molecule has 1 atom stereocenters. The maximum atomic E-state index is 5.78. The molecule has 0 aromatic heterocycles. The summed E-state index contributed by atoms with van der Waals surface area (Å²) in [6, 6.07) is 0.357. The first-order chi connectivity index (χ1) is 4.83. The summed E-state index contributed by atoms with van der Waals surface area (Å²) in [6.45, 7) is 2.22. The first kappa shape index (κ1) is 7.80. The fourth-order valence-corrected chi connectivity index (χ4v) is 1.56. The van der Waals surface area contributed by atoms with Gasteiger partial charge in [0, 0.05) is 6.04 Å². The fourth-order valence-electron chi connectivity index (χ4n) is 1.56. The van der Waals surface area contributed by atoms with E-state index in [4.69, 9.17) is 5.73 Å². The normalized spacial score (nSPS) is 26.2. The molecule has 1 aliphatic carbocycles. The molecule has 1 heteroatoms. The molecule has 58 valence electrons. The predicted molar refractivity (Wildman–Crippen MR) is 44.8 cm³/mol. The lowest BCUT2D eigenvalue weighted by atomic mass is 9.94. The smallest absolute Gasteiger partial charge is 0.0226 e. The van der Waals surface area contributed by atoms with Crippen LogP contribution < -0.4 is 5.73 Å². The van der Waals surface area contributed by atoms with Gasteiger partial charge in [0.25, 0.3) is 0 Å². The Labute approximate surface area is 63.3 Å². The molecular formula is C9H17N. The molecule has 0 heterocycles. The lowest BCUT2D eigenvalue weighted by Gasteiger charge is -2.16. The van der Waals surface area contributed by atoms with Crippen molar-refractivity contribution < 1.29 is 0 Å². The van der Waals surface area contributed by atoms with Gasteiger partial charge < -0.3 is 5.73 Å².